The lowest BCUT2D eigenvalue weighted by Crippen LogP contribution is -2.34. The van der Waals surface area contributed by atoms with Crippen molar-refractivity contribution in [2.75, 3.05) is 6.54 Å². The number of rotatable bonds is 2. The third-order valence-corrected chi connectivity index (χ3v) is 3.13. The van der Waals surface area contributed by atoms with Gasteiger partial charge in [0.2, 0.25) is 0 Å². The number of carbonyl (C=O) groups is 1. The number of carboxylic acid groups (broad SMARTS) is 1. The number of hydrogen-bond acceptors (Lipinski definition) is 2. The summed E-state index contributed by atoms with van der Waals surface area (Å²) in [4.78, 5) is 11.0. The molecule has 1 aromatic carbocycles. The normalized spacial score (nSPS) is 24.6. The first-order chi connectivity index (χ1) is 7.59. The minimum atomic E-state index is -0.869. The van der Waals surface area contributed by atoms with Gasteiger partial charge >= 0.3 is 5.97 Å². The zero-order valence-electron chi connectivity index (χ0n) is 9.03. The van der Waals surface area contributed by atoms with Crippen LogP contribution in [0.2, 0.25) is 0 Å². The zero-order valence-corrected chi connectivity index (χ0v) is 9.03. The Morgan fingerprint density at radius 3 is 3.00 bits per heavy atom. The van der Waals surface area contributed by atoms with Crippen molar-refractivity contribution < 1.29 is 14.3 Å². The summed E-state index contributed by atoms with van der Waals surface area (Å²) >= 11 is 0. The van der Waals surface area contributed by atoms with Gasteiger partial charge in [0.25, 0.3) is 0 Å². The van der Waals surface area contributed by atoms with Gasteiger partial charge in [0.1, 0.15) is 11.9 Å². The molecule has 0 aromatic heterocycles. The number of benzene rings is 1. The van der Waals surface area contributed by atoms with Crippen molar-refractivity contribution in [2.45, 2.75) is 25.3 Å². The van der Waals surface area contributed by atoms with Crippen LogP contribution in [0.4, 0.5) is 4.39 Å². The summed E-state index contributed by atoms with van der Waals surface area (Å²) in [5.74, 6) is -1.31. The van der Waals surface area contributed by atoms with Gasteiger partial charge in [0.05, 0.1) is 0 Å². The first kappa shape index (κ1) is 11.1. The molecule has 0 bridgehead atoms. The summed E-state index contributed by atoms with van der Waals surface area (Å²) < 4.78 is 13.2. The Hall–Kier alpha value is -1.42. The van der Waals surface area contributed by atoms with Crippen LogP contribution in [0.1, 0.15) is 23.5 Å². The minimum absolute atomic E-state index is 0.131. The quantitative estimate of drug-likeness (QED) is 0.801. The first-order valence-electron chi connectivity index (χ1n) is 5.32. The molecule has 1 aliphatic heterocycles. The van der Waals surface area contributed by atoms with E-state index < -0.39 is 12.0 Å². The second-order valence-electron chi connectivity index (χ2n) is 4.17. The van der Waals surface area contributed by atoms with Gasteiger partial charge < -0.3 is 10.4 Å². The molecule has 1 heterocycles. The van der Waals surface area contributed by atoms with E-state index >= 15 is 0 Å². The van der Waals surface area contributed by atoms with Gasteiger partial charge in [-0.25, -0.2) is 4.39 Å². The Morgan fingerprint density at radius 1 is 1.56 bits per heavy atom. The highest BCUT2D eigenvalue weighted by atomic mass is 19.1. The summed E-state index contributed by atoms with van der Waals surface area (Å²) in [6.45, 7) is 2.55. The smallest absolute Gasteiger partial charge is 0.321 e. The van der Waals surface area contributed by atoms with E-state index in [2.05, 4.69) is 5.32 Å². The molecule has 1 aromatic rings. The molecular formula is C12H14FNO2. The third kappa shape index (κ3) is 1.93. The van der Waals surface area contributed by atoms with Gasteiger partial charge in [-0.1, -0.05) is 6.07 Å². The fraction of sp³-hybridized carbons (Fsp3) is 0.417. The van der Waals surface area contributed by atoms with Crippen LogP contribution < -0.4 is 5.32 Å². The van der Waals surface area contributed by atoms with Gasteiger partial charge in [-0.2, -0.15) is 0 Å². The highest BCUT2D eigenvalue weighted by Crippen LogP contribution is 2.30. The van der Waals surface area contributed by atoms with Gasteiger partial charge in [-0.05, 0) is 43.1 Å². The van der Waals surface area contributed by atoms with Crippen LogP contribution in [0, 0.1) is 12.7 Å². The highest BCUT2D eigenvalue weighted by molar-refractivity contribution is 5.75. The van der Waals surface area contributed by atoms with Crippen LogP contribution >= 0.6 is 0 Å². The molecule has 1 aliphatic rings. The predicted octanol–water partition coefficient (Wildman–Crippen LogP) is 1.66. The first-order valence-corrected chi connectivity index (χ1v) is 5.32. The lowest BCUT2D eigenvalue weighted by atomic mass is 9.89. The van der Waals surface area contributed by atoms with Gasteiger partial charge in [-0.15, -0.1) is 0 Å². The monoisotopic (exact) mass is 223 g/mol. The second kappa shape index (κ2) is 4.22. The van der Waals surface area contributed by atoms with Crippen molar-refractivity contribution in [3.05, 3.63) is 35.1 Å². The van der Waals surface area contributed by atoms with E-state index in [1.807, 2.05) is 6.92 Å². The number of hydrogen-bond donors (Lipinski definition) is 2. The largest absolute Gasteiger partial charge is 0.480 e. The Kier molecular flexibility index (Phi) is 2.92. The molecule has 0 amide bonds. The standard InChI is InChI=1S/C12H14FNO2/c1-7-2-3-8(13)6-10(7)9-4-5-14-11(9)12(15)16/h2-3,6,9,11,14H,4-5H2,1H3,(H,15,16). The van der Waals surface area contributed by atoms with E-state index in [1.54, 1.807) is 6.07 Å². The van der Waals surface area contributed by atoms with Crippen LogP contribution in [0.25, 0.3) is 0 Å². The average Bonchev–Trinajstić information content (AvgIpc) is 2.70. The summed E-state index contributed by atoms with van der Waals surface area (Å²) in [6.07, 6.45) is 0.737. The van der Waals surface area contributed by atoms with Gasteiger partial charge in [-0.3, -0.25) is 4.79 Å². The number of aliphatic carboxylic acids is 1. The molecule has 0 saturated carbocycles. The van der Waals surface area contributed by atoms with Crippen molar-refractivity contribution in [3.63, 3.8) is 0 Å². The lowest BCUT2D eigenvalue weighted by Gasteiger charge is -2.18. The van der Waals surface area contributed by atoms with Crippen molar-refractivity contribution in [1.82, 2.24) is 5.32 Å². The molecule has 2 unspecified atom stereocenters. The Bertz CT molecular complexity index is 419. The van der Waals surface area contributed by atoms with Crippen LogP contribution in [0.15, 0.2) is 18.2 Å². The maximum atomic E-state index is 13.2. The summed E-state index contributed by atoms with van der Waals surface area (Å²) in [7, 11) is 0. The van der Waals surface area contributed by atoms with E-state index in [0.29, 0.717) is 6.54 Å². The number of halogens is 1. The van der Waals surface area contributed by atoms with Crippen molar-refractivity contribution in [1.29, 1.82) is 0 Å². The second-order valence-corrected chi connectivity index (χ2v) is 4.17. The summed E-state index contributed by atoms with van der Waals surface area (Å²) in [6, 6.07) is 3.95. The molecule has 4 heteroatoms. The Labute approximate surface area is 93.3 Å². The fourth-order valence-electron chi connectivity index (χ4n) is 2.31. The van der Waals surface area contributed by atoms with Crippen molar-refractivity contribution >= 4 is 5.97 Å². The van der Waals surface area contributed by atoms with Crippen LogP contribution in [-0.2, 0) is 4.79 Å². The molecule has 2 rings (SSSR count). The minimum Gasteiger partial charge on any atom is -0.480 e. The van der Waals surface area contributed by atoms with E-state index in [9.17, 15) is 9.18 Å². The van der Waals surface area contributed by atoms with E-state index in [1.165, 1.54) is 12.1 Å². The number of carboxylic acids is 1. The van der Waals surface area contributed by atoms with Crippen molar-refractivity contribution in [2.24, 2.45) is 0 Å². The Morgan fingerprint density at radius 2 is 2.31 bits per heavy atom. The SMILES string of the molecule is Cc1ccc(F)cc1C1CCNC1C(=O)O. The highest BCUT2D eigenvalue weighted by Gasteiger charge is 2.34. The molecule has 0 aliphatic carbocycles. The summed E-state index contributed by atoms with van der Waals surface area (Å²) in [5.41, 5.74) is 1.75. The molecule has 2 atom stereocenters. The van der Waals surface area contributed by atoms with E-state index in [4.69, 9.17) is 5.11 Å². The maximum Gasteiger partial charge on any atom is 0.321 e. The molecule has 2 N–H and O–H groups in total. The topological polar surface area (TPSA) is 49.3 Å². The molecule has 1 saturated heterocycles. The third-order valence-electron chi connectivity index (χ3n) is 3.13. The van der Waals surface area contributed by atoms with Crippen LogP contribution in [-0.4, -0.2) is 23.7 Å². The predicted molar refractivity (Wildman–Crippen MR) is 57.9 cm³/mol. The summed E-state index contributed by atoms with van der Waals surface area (Å²) in [5, 5.41) is 12.0. The van der Waals surface area contributed by atoms with E-state index in [0.717, 1.165) is 17.5 Å². The molecule has 3 nitrogen and oxygen atoms in total. The molecule has 0 spiro atoms. The molecule has 86 valence electrons. The Balaban J connectivity index is 2.35. The van der Waals surface area contributed by atoms with Crippen LogP contribution in [0.3, 0.4) is 0 Å². The van der Waals surface area contributed by atoms with Gasteiger partial charge in [0.15, 0.2) is 0 Å². The fourth-order valence-corrected chi connectivity index (χ4v) is 2.31. The van der Waals surface area contributed by atoms with Gasteiger partial charge in [0, 0.05) is 5.92 Å². The molecule has 16 heavy (non-hydrogen) atoms. The molecule has 1 fully saturated rings. The van der Waals surface area contributed by atoms with Crippen LogP contribution in [0.5, 0.6) is 0 Å². The number of aryl methyl sites for hydroxylation is 1. The lowest BCUT2D eigenvalue weighted by molar-refractivity contribution is -0.139. The maximum absolute atomic E-state index is 13.2. The number of nitrogens with one attached hydrogen (secondary N) is 1. The average molecular weight is 223 g/mol. The molecular weight excluding hydrogens is 209 g/mol. The van der Waals surface area contributed by atoms with Crippen molar-refractivity contribution in [3.8, 4) is 0 Å². The zero-order chi connectivity index (χ0) is 11.7. The van der Waals surface area contributed by atoms with E-state index in [-0.39, 0.29) is 11.7 Å². The molecule has 0 radical (unpaired) electrons.